The van der Waals surface area contributed by atoms with Gasteiger partial charge in [0.2, 0.25) is 0 Å². The summed E-state index contributed by atoms with van der Waals surface area (Å²) < 4.78 is 39.8. The van der Waals surface area contributed by atoms with Crippen LogP contribution in [0.25, 0.3) is 11.0 Å². The first-order valence-corrected chi connectivity index (χ1v) is 5.91. The Morgan fingerprint density at radius 1 is 1.26 bits per heavy atom. The first-order chi connectivity index (χ1) is 8.66. The summed E-state index contributed by atoms with van der Waals surface area (Å²) in [6, 6.07) is 3.59. The molecule has 0 amide bonds. The highest BCUT2D eigenvalue weighted by molar-refractivity contribution is 5.77. The highest BCUT2D eigenvalue weighted by Gasteiger charge is 2.32. The molecule has 0 saturated carbocycles. The number of fused-ring (bicyclic) bond motifs is 1. The first kappa shape index (κ1) is 13.9. The molecule has 2 aromatic rings. The Labute approximate surface area is 109 Å². The van der Waals surface area contributed by atoms with Gasteiger partial charge in [-0.1, -0.05) is 13.8 Å². The molecule has 3 nitrogen and oxygen atoms in total. The number of alkyl halides is 3. The van der Waals surface area contributed by atoms with Crippen LogP contribution in [0.3, 0.4) is 0 Å². The van der Waals surface area contributed by atoms with Crippen molar-refractivity contribution in [1.29, 1.82) is 0 Å². The van der Waals surface area contributed by atoms with Crippen molar-refractivity contribution in [1.82, 2.24) is 9.55 Å². The Kier molecular flexibility index (Phi) is 3.09. The molecular formula is C13H16F3N3. The summed E-state index contributed by atoms with van der Waals surface area (Å²) in [4.78, 5) is 4.31. The summed E-state index contributed by atoms with van der Waals surface area (Å²) in [6.45, 7) is 4.20. The van der Waals surface area contributed by atoms with Gasteiger partial charge in [-0.05, 0) is 18.2 Å². The average molecular weight is 271 g/mol. The third-order valence-corrected chi connectivity index (χ3v) is 3.32. The van der Waals surface area contributed by atoms with Crippen LogP contribution >= 0.6 is 0 Å². The van der Waals surface area contributed by atoms with Crippen LogP contribution in [0.2, 0.25) is 0 Å². The molecule has 0 spiro atoms. The number of hydrogen-bond donors (Lipinski definition) is 1. The summed E-state index contributed by atoms with van der Waals surface area (Å²) >= 11 is 0. The van der Waals surface area contributed by atoms with Crippen LogP contribution in [0.1, 0.15) is 25.2 Å². The number of nitrogens with zero attached hydrogens (tertiary/aromatic N) is 2. The van der Waals surface area contributed by atoms with E-state index in [0.717, 1.165) is 12.1 Å². The second-order valence-corrected chi connectivity index (χ2v) is 5.28. The number of rotatable bonds is 2. The SMILES string of the molecule is Cn1c(C(C)(C)CN)nc2cc(C(F)(F)F)ccc21. The van der Waals surface area contributed by atoms with Gasteiger partial charge in [-0.25, -0.2) is 4.98 Å². The topological polar surface area (TPSA) is 43.8 Å². The Balaban J connectivity index is 2.64. The highest BCUT2D eigenvalue weighted by atomic mass is 19.4. The van der Waals surface area contributed by atoms with Crippen molar-refractivity contribution in [2.24, 2.45) is 12.8 Å². The molecule has 0 aliphatic carbocycles. The zero-order chi connectivity index (χ0) is 14.4. The van der Waals surface area contributed by atoms with Gasteiger partial charge in [0.25, 0.3) is 0 Å². The maximum atomic E-state index is 12.7. The molecular weight excluding hydrogens is 255 g/mol. The molecule has 0 atom stereocenters. The molecule has 2 N–H and O–H groups in total. The minimum atomic E-state index is -4.35. The van der Waals surface area contributed by atoms with Gasteiger partial charge < -0.3 is 10.3 Å². The molecule has 2 rings (SSSR count). The summed E-state index contributed by atoms with van der Waals surface area (Å²) in [5.74, 6) is 0.685. The highest BCUT2D eigenvalue weighted by Crippen LogP contribution is 2.32. The Hall–Kier alpha value is -1.56. The van der Waals surface area contributed by atoms with Crippen molar-refractivity contribution in [3.63, 3.8) is 0 Å². The normalized spacial score (nSPS) is 13.2. The van der Waals surface area contributed by atoms with Gasteiger partial charge in [0, 0.05) is 19.0 Å². The molecule has 1 aromatic carbocycles. The van der Waals surface area contributed by atoms with Crippen molar-refractivity contribution < 1.29 is 13.2 Å². The van der Waals surface area contributed by atoms with Gasteiger partial charge in [0.15, 0.2) is 0 Å². The van der Waals surface area contributed by atoms with Crippen molar-refractivity contribution >= 4 is 11.0 Å². The Morgan fingerprint density at radius 3 is 2.42 bits per heavy atom. The predicted molar refractivity (Wildman–Crippen MR) is 67.8 cm³/mol. The summed E-state index contributed by atoms with van der Waals surface area (Å²) in [7, 11) is 1.79. The molecule has 1 heterocycles. The molecule has 0 fully saturated rings. The van der Waals surface area contributed by atoms with Gasteiger partial charge >= 0.3 is 6.18 Å². The first-order valence-electron chi connectivity index (χ1n) is 5.91. The number of nitrogens with two attached hydrogens (primary N) is 1. The molecule has 6 heteroatoms. The number of aryl methyl sites for hydroxylation is 1. The van der Waals surface area contributed by atoms with E-state index in [1.54, 1.807) is 11.6 Å². The quantitative estimate of drug-likeness (QED) is 0.912. The molecule has 0 radical (unpaired) electrons. The largest absolute Gasteiger partial charge is 0.416 e. The van der Waals surface area contributed by atoms with Crippen LogP contribution in [0, 0.1) is 0 Å². The van der Waals surface area contributed by atoms with E-state index < -0.39 is 11.7 Å². The van der Waals surface area contributed by atoms with Crippen molar-refractivity contribution in [2.75, 3.05) is 6.54 Å². The zero-order valence-electron chi connectivity index (χ0n) is 11.0. The van der Waals surface area contributed by atoms with E-state index in [1.807, 2.05) is 13.8 Å². The van der Waals surface area contributed by atoms with Crippen molar-refractivity contribution in [2.45, 2.75) is 25.4 Å². The third kappa shape index (κ3) is 2.32. The van der Waals surface area contributed by atoms with Crippen LogP contribution in [0.4, 0.5) is 13.2 Å². The van der Waals surface area contributed by atoms with Crippen LogP contribution in [0.15, 0.2) is 18.2 Å². The lowest BCUT2D eigenvalue weighted by Crippen LogP contribution is -2.31. The molecule has 0 aliphatic rings. The van der Waals surface area contributed by atoms with E-state index in [-0.39, 0.29) is 5.41 Å². The maximum Gasteiger partial charge on any atom is 0.416 e. The molecule has 19 heavy (non-hydrogen) atoms. The van der Waals surface area contributed by atoms with Crippen molar-refractivity contribution in [3.05, 3.63) is 29.6 Å². The summed E-state index contributed by atoms with van der Waals surface area (Å²) in [6.07, 6.45) is -4.35. The zero-order valence-corrected chi connectivity index (χ0v) is 11.0. The number of hydrogen-bond acceptors (Lipinski definition) is 2. The van der Waals surface area contributed by atoms with Crippen LogP contribution in [0.5, 0.6) is 0 Å². The Bertz CT molecular complexity index is 611. The fraction of sp³-hybridized carbons (Fsp3) is 0.462. The molecule has 0 bridgehead atoms. The average Bonchev–Trinajstić information content (AvgIpc) is 2.66. The van der Waals surface area contributed by atoms with E-state index in [1.165, 1.54) is 6.07 Å². The van der Waals surface area contributed by atoms with E-state index >= 15 is 0 Å². The molecule has 1 aromatic heterocycles. The van der Waals surface area contributed by atoms with Gasteiger partial charge in [0.05, 0.1) is 16.6 Å². The van der Waals surface area contributed by atoms with Gasteiger partial charge in [-0.3, -0.25) is 0 Å². The lowest BCUT2D eigenvalue weighted by atomic mass is 9.93. The van der Waals surface area contributed by atoms with Crippen LogP contribution in [-0.2, 0) is 18.6 Å². The lowest BCUT2D eigenvalue weighted by molar-refractivity contribution is -0.137. The molecule has 0 unspecified atom stereocenters. The van der Waals surface area contributed by atoms with Gasteiger partial charge in [-0.2, -0.15) is 13.2 Å². The fourth-order valence-corrected chi connectivity index (χ4v) is 2.07. The van der Waals surface area contributed by atoms with E-state index in [9.17, 15) is 13.2 Å². The number of imidazole rings is 1. The lowest BCUT2D eigenvalue weighted by Gasteiger charge is -2.21. The number of halogens is 3. The second kappa shape index (κ2) is 4.23. The molecule has 0 aliphatic heterocycles. The second-order valence-electron chi connectivity index (χ2n) is 5.28. The van der Waals surface area contributed by atoms with E-state index in [4.69, 9.17) is 5.73 Å². The minimum absolute atomic E-state index is 0.342. The van der Waals surface area contributed by atoms with Crippen LogP contribution < -0.4 is 5.73 Å². The van der Waals surface area contributed by atoms with E-state index in [2.05, 4.69) is 4.98 Å². The van der Waals surface area contributed by atoms with Gasteiger partial charge in [0.1, 0.15) is 5.82 Å². The smallest absolute Gasteiger partial charge is 0.331 e. The number of benzene rings is 1. The summed E-state index contributed by atoms with van der Waals surface area (Å²) in [5, 5.41) is 0. The standard InChI is InChI=1S/C13H16F3N3/c1-12(2,7-17)11-18-9-6-8(13(14,15)16)4-5-10(9)19(11)3/h4-6H,7,17H2,1-3H3. The fourth-order valence-electron chi connectivity index (χ4n) is 2.07. The predicted octanol–water partition coefficient (Wildman–Crippen LogP) is 2.83. The van der Waals surface area contributed by atoms with Crippen LogP contribution in [-0.4, -0.2) is 16.1 Å². The number of aromatic nitrogens is 2. The van der Waals surface area contributed by atoms with Crippen molar-refractivity contribution in [3.8, 4) is 0 Å². The van der Waals surface area contributed by atoms with E-state index in [0.29, 0.717) is 23.4 Å². The Morgan fingerprint density at radius 2 is 1.89 bits per heavy atom. The third-order valence-electron chi connectivity index (χ3n) is 3.32. The molecule has 104 valence electrons. The monoisotopic (exact) mass is 271 g/mol. The molecule has 0 saturated heterocycles. The van der Waals surface area contributed by atoms with Gasteiger partial charge in [-0.15, -0.1) is 0 Å². The minimum Gasteiger partial charge on any atom is -0.331 e. The summed E-state index contributed by atoms with van der Waals surface area (Å²) in [5.41, 5.74) is 5.64. The maximum absolute atomic E-state index is 12.7.